The van der Waals surface area contributed by atoms with Crippen molar-refractivity contribution in [3.8, 4) is 0 Å². The van der Waals surface area contributed by atoms with Crippen LogP contribution in [0.4, 0.5) is 0 Å². The zero-order valence-electron chi connectivity index (χ0n) is 14.3. The number of carbonyl (C=O) groups excluding carboxylic acids is 1. The van der Waals surface area contributed by atoms with E-state index in [9.17, 15) is 4.79 Å². The molecule has 1 aliphatic rings. The zero-order valence-corrected chi connectivity index (χ0v) is 15.1. The first-order chi connectivity index (χ1) is 11.3. The van der Waals surface area contributed by atoms with Crippen LogP contribution in [0.25, 0.3) is 0 Å². The minimum Gasteiger partial charge on any atom is -0.370 e. The second kappa shape index (κ2) is 6.61. The quantitative estimate of drug-likeness (QED) is 0.820. The number of benzene rings is 1. The van der Waals surface area contributed by atoms with Crippen molar-refractivity contribution >= 4 is 17.5 Å². The Bertz CT molecular complexity index is 716. The van der Waals surface area contributed by atoms with Crippen LogP contribution in [0.3, 0.4) is 0 Å². The van der Waals surface area contributed by atoms with E-state index in [0.29, 0.717) is 24.7 Å². The van der Waals surface area contributed by atoms with Crippen LogP contribution >= 0.6 is 11.6 Å². The third-order valence-corrected chi connectivity index (χ3v) is 4.56. The highest BCUT2D eigenvalue weighted by molar-refractivity contribution is 6.30. The molecule has 1 aromatic heterocycles. The third kappa shape index (κ3) is 3.65. The molecule has 4 nitrogen and oxygen atoms in total. The summed E-state index contributed by atoms with van der Waals surface area (Å²) >= 11 is 5.94. The Hall–Kier alpha value is -1.78. The molecule has 0 saturated carbocycles. The van der Waals surface area contributed by atoms with Crippen LogP contribution in [0.15, 0.2) is 42.7 Å². The van der Waals surface area contributed by atoms with Crippen LogP contribution in [-0.4, -0.2) is 35.1 Å². The maximum Gasteiger partial charge on any atom is 0.255 e. The molecule has 5 heteroatoms. The summed E-state index contributed by atoms with van der Waals surface area (Å²) in [6.45, 7) is 8.06. The van der Waals surface area contributed by atoms with Crippen LogP contribution < -0.4 is 0 Å². The molecule has 0 spiro atoms. The Labute approximate surface area is 148 Å². The third-order valence-electron chi connectivity index (χ3n) is 4.31. The van der Waals surface area contributed by atoms with E-state index in [1.165, 1.54) is 0 Å². The molecule has 0 N–H and O–H groups in total. The smallest absolute Gasteiger partial charge is 0.255 e. The number of halogens is 1. The molecule has 1 aliphatic heterocycles. The lowest BCUT2D eigenvalue weighted by Crippen LogP contribution is -2.42. The number of hydrogen-bond acceptors (Lipinski definition) is 2. The second-order valence-electron chi connectivity index (χ2n) is 7.14. The van der Waals surface area contributed by atoms with Gasteiger partial charge in [-0.05, 0) is 44.5 Å². The highest BCUT2D eigenvalue weighted by atomic mass is 35.5. The number of carbonyl (C=O) groups is 1. The molecule has 0 radical (unpaired) electrons. The van der Waals surface area contributed by atoms with Crippen molar-refractivity contribution < 1.29 is 9.53 Å². The summed E-state index contributed by atoms with van der Waals surface area (Å²) in [5.41, 5.74) is 1.74. The molecular formula is C19H23ClN2O2. The zero-order chi connectivity index (χ0) is 17.3. The first-order valence-electron chi connectivity index (χ1n) is 8.19. The molecule has 1 aromatic carbocycles. The largest absolute Gasteiger partial charge is 0.370 e. The van der Waals surface area contributed by atoms with E-state index in [0.717, 1.165) is 11.1 Å². The van der Waals surface area contributed by atoms with Crippen LogP contribution in [0.5, 0.6) is 0 Å². The van der Waals surface area contributed by atoms with Gasteiger partial charge in [0.25, 0.3) is 5.91 Å². The van der Waals surface area contributed by atoms with Crippen molar-refractivity contribution in [3.05, 3.63) is 58.9 Å². The van der Waals surface area contributed by atoms with Gasteiger partial charge in [-0.3, -0.25) is 4.79 Å². The van der Waals surface area contributed by atoms with Gasteiger partial charge in [0.1, 0.15) is 6.10 Å². The molecule has 2 aromatic rings. The van der Waals surface area contributed by atoms with Gasteiger partial charge in [-0.15, -0.1) is 0 Å². The van der Waals surface area contributed by atoms with Crippen LogP contribution in [0, 0.1) is 0 Å². The second-order valence-corrected chi connectivity index (χ2v) is 7.58. The average Bonchev–Trinajstić information content (AvgIpc) is 3.05. The molecular weight excluding hydrogens is 324 g/mol. The van der Waals surface area contributed by atoms with Gasteiger partial charge in [-0.1, -0.05) is 23.7 Å². The predicted molar refractivity (Wildman–Crippen MR) is 95.5 cm³/mol. The Morgan fingerprint density at radius 2 is 1.92 bits per heavy atom. The van der Waals surface area contributed by atoms with E-state index in [2.05, 4.69) is 25.3 Å². The van der Waals surface area contributed by atoms with Gasteiger partial charge < -0.3 is 14.2 Å². The maximum absolute atomic E-state index is 12.8. The molecule has 2 heterocycles. The molecule has 0 aliphatic carbocycles. The Morgan fingerprint density at radius 1 is 1.21 bits per heavy atom. The number of hydrogen-bond donors (Lipinski definition) is 0. The van der Waals surface area contributed by atoms with Crippen molar-refractivity contribution in [1.82, 2.24) is 9.47 Å². The lowest BCUT2D eigenvalue weighted by molar-refractivity contribution is -0.0228. The van der Waals surface area contributed by atoms with Crippen molar-refractivity contribution in [2.45, 2.75) is 32.4 Å². The minimum atomic E-state index is -0.107. The van der Waals surface area contributed by atoms with Crippen LogP contribution in [0.2, 0.25) is 5.02 Å². The summed E-state index contributed by atoms with van der Waals surface area (Å²) in [5.74, 6) is 0.0558. The van der Waals surface area contributed by atoms with Gasteiger partial charge in [-0.2, -0.15) is 0 Å². The first-order valence-corrected chi connectivity index (χ1v) is 8.57. The van der Waals surface area contributed by atoms with Gasteiger partial charge >= 0.3 is 0 Å². The standard InChI is InChI=1S/C19H23ClN2O2/c1-19(2,3)22-9-8-15(12-22)18(23)21-10-11-24-17(13-21)14-4-6-16(20)7-5-14/h4-9,12,17H,10-11,13H2,1-3H3/t17-/m0/s1. The normalized spacial score (nSPS) is 18.7. The van der Waals surface area contributed by atoms with E-state index in [4.69, 9.17) is 16.3 Å². The number of nitrogens with zero attached hydrogens (tertiary/aromatic N) is 2. The van der Waals surface area contributed by atoms with E-state index in [-0.39, 0.29) is 17.6 Å². The van der Waals surface area contributed by atoms with Crippen LogP contribution in [-0.2, 0) is 10.3 Å². The van der Waals surface area contributed by atoms with Crippen molar-refractivity contribution in [2.75, 3.05) is 19.7 Å². The van der Waals surface area contributed by atoms with Gasteiger partial charge in [0.2, 0.25) is 0 Å². The summed E-state index contributed by atoms with van der Waals surface area (Å²) in [6, 6.07) is 9.50. The van der Waals surface area contributed by atoms with Crippen LogP contribution in [0.1, 0.15) is 42.8 Å². The fourth-order valence-electron chi connectivity index (χ4n) is 2.84. The van der Waals surface area contributed by atoms with Crippen molar-refractivity contribution in [2.24, 2.45) is 0 Å². The number of aromatic nitrogens is 1. The molecule has 128 valence electrons. The summed E-state index contributed by atoms with van der Waals surface area (Å²) in [4.78, 5) is 14.7. The predicted octanol–water partition coefficient (Wildman–Crippen LogP) is 4.11. The molecule has 0 bridgehead atoms. The number of rotatable bonds is 2. The minimum absolute atomic E-state index is 0.0324. The lowest BCUT2D eigenvalue weighted by atomic mass is 10.1. The molecule has 1 saturated heterocycles. The van der Waals surface area contributed by atoms with E-state index in [1.54, 1.807) is 0 Å². The highest BCUT2D eigenvalue weighted by Gasteiger charge is 2.27. The van der Waals surface area contributed by atoms with Gasteiger partial charge in [0.05, 0.1) is 18.7 Å². The van der Waals surface area contributed by atoms with E-state index >= 15 is 0 Å². The fourth-order valence-corrected chi connectivity index (χ4v) is 2.96. The average molecular weight is 347 g/mol. The Kier molecular flexibility index (Phi) is 4.70. The Morgan fingerprint density at radius 3 is 2.54 bits per heavy atom. The van der Waals surface area contributed by atoms with Gasteiger partial charge in [0.15, 0.2) is 0 Å². The molecule has 0 unspecified atom stereocenters. The van der Waals surface area contributed by atoms with E-state index < -0.39 is 0 Å². The summed E-state index contributed by atoms with van der Waals surface area (Å²) < 4.78 is 7.90. The SMILES string of the molecule is CC(C)(C)n1ccc(C(=O)N2CCO[C@H](c3ccc(Cl)cc3)C2)c1. The number of ether oxygens (including phenoxy) is 1. The molecule has 3 rings (SSSR count). The van der Waals surface area contributed by atoms with Gasteiger partial charge in [-0.25, -0.2) is 0 Å². The first kappa shape index (κ1) is 17.1. The van der Waals surface area contributed by atoms with Gasteiger partial charge in [0, 0.05) is 29.5 Å². The van der Waals surface area contributed by atoms with E-state index in [1.807, 2.05) is 47.6 Å². The maximum atomic E-state index is 12.8. The fraction of sp³-hybridized carbons (Fsp3) is 0.421. The molecule has 24 heavy (non-hydrogen) atoms. The number of morpholine rings is 1. The topological polar surface area (TPSA) is 34.5 Å². The summed E-state index contributed by atoms with van der Waals surface area (Å²) in [5, 5.41) is 0.700. The summed E-state index contributed by atoms with van der Waals surface area (Å²) in [7, 11) is 0. The Balaban J connectivity index is 1.73. The number of amides is 1. The molecule has 1 amide bonds. The lowest BCUT2D eigenvalue weighted by Gasteiger charge is -2.33. The van der Waals surface area contributed by atoms with Crippen molar-refractivity contribution in [3.63, 3.8) is 0 Å². The molecule has 1 atom stereocenters. The molecule has 1 fully saturated rings. The highest BCUT2D eigenvalue weighted by Crippen LogP contribution is 2.25. The monoisotopic (exact) mass is 346 g/mol. The summed E-state index contributed by atoms with van der Waals surface area (Å²) in [6.07, 6.45) is 3.78. The van der Waals surface area contributed by atoms with Crippen molar-refractivity contribution in [1.29, 1.82) is 0 Å².